The molecule has 2 aromatic rings. The largest absolute Gasteiger partial charge is 0.504 e. The summed E-state index contributed by atoms with van der Waals surface area (Å²) in [5, 5.41) is 13.3. The molecule has 2 N–H and O–H groups in total. The highest BCUT2D eigenvalue weighted by atomic mass is 16.5. The fraction of sp³-hybridized carbons (Fsp3) is 0.0667. The minimum atomic E-state index is -0.285. The molecular formula is C15H14N2O3. The van der Waals surface area contributed by atoms with Gasteiger partial charge in [-0.2, -0.15) is 5.10 Å². The van der Waals surface area contributed by atoms with Gasteiger partial charge in [-0.25, -0.2) is 5.43 Å². The second-order valence-corrected chi connectivity index (χ2v) is 4.00. The Kier molecular flexibility index (Phi) is 4.34. The summed E-state index contributed by atoms with van der Waals surface area (Å²) in [6, 6.07) is 13.6. The van der Waals surface area contributed by atoms with Crippen molar-refractivity contribution in [2.75, 3.05) is 7.11 Å². The predicted octanol–water partition coefficient (Wildman–Crippen LogP) is 2.16. The van der Waals surface area contributed by atoms with Gasteiger partial charge in [0.2, 0.25) is 0 Å². The molecule has 0 unspecified atom stereocenters. The number of phenols is 1. The number of carbonyl (C=O) groups excluding carboxylic acids is 1. The first-order valence-electron chi connectivity index (χ1n) is 5.96. The van der Waals surface area contributed by atoms with Crippen LogP contribution >= 0.6 is 0 Å². The van der Waals surface area contributed by atoms with Gasteiger partial charge in [0.1, 0.15) is 0 Å². The molecule has 1 amide bonds. The SMILES string of the molecule is COc1cc(C=NNC(=O)c2ccccc2)ccc1O. The number of aromatic hydroxyl groups is 1. The van der Waals surface area contributed by atoms with Gasteiger partial charge in [0.05, 0.1) is 13.3 Å². The Morgan fingerprint density at radius 1 is 1.25 bits per heavy atom. The van der Waals surface area contributed by atoms with Gasteiger partial charge in [-0.15, -0.1) is 0 Å². The van der Waals surface area contributed by atoms with Crippen LogP contribution in [0.5, 0.6) is 11.5 Å². The summed E-state index contributed by atoms with van der Waals surface area (Å²) in [5.41, 5.74) is 3.66. The van der Waals surface area contributed by atoms with Crippen LogP contribution in [0.2, 0.25) is 0 Å². The summed E-state index contributed by atoms with van der Waals surface area (Å²) < 4.78 is 4.98. The van der Waals surface area contributed by atoms with Crippen LogP contribution in [-0.2, 0) is 0 Å². The van der Waals surface area contributed by atoms with E-state index in [-0.39, 0.29) is 11.7 Å². The van der Waals surface area contributed by atoms with Crippen molar-refractivity contribution in [2.45, 2.75) is 0 Å². The summed E-state index contributed by atoms with van der Waals surface area (Å²) in [7, 11) is 1.47. The first-order chi connectivity index (χ1) is 9.70. The number of hydrazone groups is 1. The van der Waals surface area contributed by atoms with E-state index in [0.29, 0.717) is 16.9 Å². The monoisotopic (exact) mass is 270 g/mol. The number of ether oxygens (including phenoxy) is 1. The minimum Gasteiger partial charge on any atom is -0.504 e. The fourth-order valence-electron chi connectivity index (χ4n) is 1.59. The van der Waals surface area contributed by atoms with E-state index in [2.05, 4.69) is 10.5 Å². The van der Waals surface area contributed by atoms with Crippen molar-refractivity contribution < 1.29 is 14.6 Å². The van der Waals surface area contributed by atoms with Crippen LogP contribution < -0.4 is 10.2 Å². The lowest BCUT2D eigenvalue weighted by atomic mass is 10.2. The highest BCUT2D eigenvalue weighted by molar-refractivity contribution is 5.94. The van der Waals surface area contributed by atoms with Crippen molar-refractivity contribution in [3.63, 3.8) is 0 Å². The van der Waals surface area contributed by atoms with Gasteiger partial charge in [0.15, 0.2) is 11.5 Å². The standard InChI is InChI=1S/C15H14N2O3/c1-20-14-9-11(7-8-13(14)18)10-16-17-15(19)12-5-3-2-4-6-12/h2-10,18H,1H3,(H,17,19). The predicted molar refractivity (Wildman–Crippen MR) is 76.2 cm³/mol. The van der Waals surface area contributed by atoms with Crippen LogP contribution in [0.3, 0.4) is 0 Å². The van der Waals surface area contributed by atoms with Crippen molar-refractivity contribution in [3.05, 3.63) is 59.7 Å². The molecule has 0 saturated heterocycles. The Morgan fingerprint density at radius 2 is 2.00 bits per heavy atom. The Bertz CT molecular complexity index is 624. The van der Waals surface area contributed by atoms with Gasteiger partial charge in [-0.3, -0.25) is 4.79 Å². The Balaban J connectivity index is 2.02. The molecule has 0 aromatic heterocycles. The third kappa shape index (κ3) is 3.35. The Labute approximate surface area is 116 Å². The molecule has 2 rings (SSSR count). The van der Waals surface area contributed by atoms with Gasteiger partial charge in [-0.1, -0.05) is 18.2 Å². The first kappa shape index (κ1) is 13.6. The van der Waals surface area contributed by atoms with Crippen LogP contribution in [0, 0.1) is 0 Å². The lowest BCUT2D eigenvalue weighted by molar-refractivity contribution is 0.0955. The van der Waals surface area contributed by atoms with Crippen LogP contribution in [0.4, 0.5) is 0 Å². The first-order valence-corrected chi connectivity index (χ1v) is 5.96. The van der Waals surface area contributed by atoms with Crippen LogP contribution in [-0.4, -0.2) is 24.3 Å². The second kappa shape index (κ2) is 6.38. The number of rotatable bonds is 4. The molecule has 2 aromatic carbocycles. The van der Waals surface area contributed by atoms with Gasteiger partial charge >= 0.3 is 0 Å². The number of nitrogens with zero attached hydrogens (tertiary/aromatic N) is 1. The molecule has 0 saturated carbocycles. The topological polar surface area (TPSA) is 70.9 Å². The van der Waals surface area contributed by atoms with Crippen LogP contribution in [0.1, 0.15) is 15.9 Å². The molecule has 0 fully saturated rings. The van der Waals surface area contributed by atoms with Crippen molar-refractivity contribution in [3.8, 4) is 11.5 Å². The van der Waals surface area contributed by atoms with Gasteiger partial charge in [0.25, 0.3) is 5.91 Å². The number of hydrogen-bond acceptors (Lipinski definition) is 4. The van der Waals surface area contributed by atoms with Crippen molar-refractivity contribution in [1.29, 1.82) is 0 Å². The number of methoxy groups -OCH3 is 1. The van der Waals surface area contributed by atoms with Crippen LogP contribution in [0.25, 0.3) is 0 Å². The zero-order valence-electron chi connectivity index (χ0n) is 10.9. The number of carbonyl (C=O) groups is 1. The molecule has 0 aliphatic carbocycles. The Morgan fingerprint density at radius 3 is 2.70 bits per heavy atom. The maximum atomic E-state index is 11.7. The van der Waals surface area contributed by atoms with Crippen LogP contribution in [0.15, 0.2) is 53.6 Å². The third-order valence-electron chi connectivity index (χ3n) is 2.62. The van der Waals surface area contributed by atoms with E-state index in [1.807, 2.05) is 6.07 Å². The summed E-state index contributed by atoms with van der Waals surface area (Å²) in [6.07, 6.45) is 1.48. The normalized spacial score (nSPS) is 10.4. The summed E-state index contributed by atoms with van der Waals surface area (Å²) in [5.74, 6) is 0.119. The highest BCUT2D eigenvalue weighted by Gasteiger charge is 2.03. The molecule has 5 nitrogen and oxygen atoms in total. The second-order valence-electron chi connectivity index (χ2n) is 4.00. The molecule has 20 heavy (non-hydrogen) atoms. The number of phenolic OH excluding ortho intramolecular Hbond substituents is 1. The third-order valence-corrected chi connectivity index (χ3v) is 2.62. The molecule has 102 valence electrons. The van der Waals surface area contributed by atoms with Gasteiger partial charge in [0, 0.05) is 5.56 Å². The quantitative estimate of drug-likeness (QED) is 0.660. The Hall–Kier alpha value is -2.82. The van der Waals surface area contributed by atoms with Gasteiger partial charge in [-0.05, 0) is 35.9 Å². The maximum absolute atomic E-state index is 11.7. The number of benzene rings is 2. The average Bonchev–Trinajstić information content (AvgIpc) is 2.49. The molecule has 0 aliphatic rings. The zero-order valence-corrected chi connectivity index (χ0v) is 10.9. The van der Waals surface area contributed by atoms with E-state index in [4.69, 9.17) is 4.74 Å². The van der Waals surface area contributed by atoms with Crippen molar-refractivity contribution in [1.82, 2.24) is 5.43 Å². The molecule has 5 heteroatoms. The smallest absolute Gasteiger partial charge is 0.271 e. The lowest BCUT2D eigenvalue weighted by Crippen LogP contribution is -2.17. The number of hydrogen-bond donors (Lipinski definition) is 2. The van der Waals surface area contributed by atoms with E-state index in [1.54, 1.807) is 36.4 Å². The lowest BCUT2D eigenvalue weighted by Gasteiger charge is -2.03. The maximum Gasteiger partial charge on any atom is 0.271 e. The minimum absolute atomic E-state index is 0.0537. The van der Waals surface area contributed by atoms with Crippen molar-refractivity contribution in [2.24, 2.45) is 5.10 Å². The molecule has 0 heterocycles. The van der Waals surface area contributed by atoms with E-state index >= 15 is 0 Å². The van der Waals surface area contributed by atoms with E-state index < -0.39 is 0 Å². The molecule has 0 aliphatic heterocycles. The number of amides is 1. The van der Waals surface area contributed by atoms with Gasteiger partial charge < -0.3 is 9.84 Å². The summed E-state index contributed by atoms with van der Waals surface area (Å²) in [6.45, 7) is 0. The summed E-state index contributed by atoms with van der Waals surface area (Å²) >= 11 is 0. The highest BCUT2D eigenvalue weighted by Crippen LogP contribution is 2.25. The fourth-order valence-corrected chi connectivity index (χ4v) is 1.59. The molecule has 0 bridgehead atoms. The van der Waals surface area contributed by atoms with E-state index in [9.17, 15) is 9.90 Å². The van der Waals surface area contributed by atoms with E-state index in [1.165, 1.54) is 19.4 Å². The molecular weight excluding hydrogens is 256 g/mol. The average molecular weight is 270 g/mol. The zero-order chi connectivity index (χ0) is 14.4. The molecule has 0 atom stereocenters. The molecule has 0 radical (unpaired) electrons. The summed E-state index contributed by atoms with van der Waals surface area (Å²) in [4.78, 5) is 11.7. The van der Waals surface area contributed by atoms with Crippen molar-refractivity contribution >= 4 is 12.1 Å². The van der Waals surface area contributed by atoms with E-state index in [0.717, 1.165) is 0 Å². The number of nitrogens with one attached hydrogen (secondary N) is 1. The molecule has 0 spiro atoms.